The molecule has 2 N–H and O–H groups in total. The van der Waals surface area contributed by atoms with Gasteiger partial charge < -0.3 is 25.0 Å². The molecule has 140 valence electrons. The summed E-state index contributed by atoms with van der Waals surface area (Å²) in [5.41, 5.74) is 0. The maximum absolute atomic E-state index is 12.4. The van der Waals surface area contributed by atoms with Crippen LogP contribution in [0.3, 0.4) is 0 Å². The van der Waals surface area contributed by atoms with Gasteiger partial charge in [0.25, 0.3) is 0 Å². The minimum Gasteiger partial charge on any atom is -0.347 e. The first-order chi connectivity index (χ1) is 12.2. The van der Waals surface area contributed by atoms with E-state index in [1.807, 2.05) is 16.7 Å². The monoisotopic (exact) mass is 369 g/mol. The van der Waals surface area contributed by atoms with Gasteiger partial charge in [-0.25, -0.2) is 4.79 Å². The van der Waals surface area contributed by atoms with Gasteiger partial charge in [0, 0.05) is 43.4 Å². The maximum atomic E-state index is 12.4. The smallest absolute Gasteiger partial charge is 0.315 e. The number of ether oxygens (including phenoxy) is 2. The molecule has 4 aliphatic heterocycles. The third-order valence-electron chi connectivity index (χ3n) is 5.76. The number of carbonyl (C=O) groups excluding carboxylic acids is 2. The fourth-order valence-electron chi connectivity index (χ4n) is 4.31. The van der Waals surface area contributed by atoms with E-state index in [9.17, 15) is 9.59 Å². The van der Waals surface area contributed by atoms with Gasteiger partial charge in [-0.15, -0.1) is 0 Å². The van der Waals surface area contributed by atoms with Crippen LogP contribution in [0.15, 0.2) is 0 Å². The van der Waals surface area contributed by atoms with Crippen LogP contribution >= 0.6 is 11.8 Å². The number of amides is 3. The van der Waals surface area contributed by atoms with Crippen molar-refractivity contribution in [1.82, 2.24) is 15.5 Å². The summed E-state index contributed by atoms with van der Waals surface area (Å²) in [5, 5.41) is 6.46. The number of unbranched alkanes of at least 4 members (excludes halogenated alkanes) is 1. The highest BCUT2D eigenvalue weighted by Crippen LogP contribution is 2.34. The highest BCUT2D eigenvalue weighted by Gasteiger charge is 2.43. The number of urea groups is 1. The van der Waals surface area contributed by atoms with Gasteiger partial charge in [-0.05, 0) is 12.8 Å². The second kappa shape index (κ2) is 7.32. The average molecular weight is 369 g/mol. The van der Waals surface area contributed by atoms with E-state index in [-0.39, 0.29) is 24.0 Å². The largest absolute Gasteiger partial charge is 0.347 e. The van der Waals surface area contributed by atoms with Gasteiger partial charge in [0.05, 0.1) is 25.3 Å². The number of carbonyl (C=O) groups is 2. The number of fused-ring (bicyclic) bond motifs is 1. The molecule has 4 saturated heterocycles. The zero-order chi connectivity index (χ0) is 17.3. The molecule has 3 amide bonds. The van der Waals surface area contributed by atoms with Gasteiger partial charge in [-0.3, -0.25) is 4.79 Å². The van der Waals surface area contributed by atoms with Crippen molar-refractivity contribution in [3.63, 3.8) is 0 Å². The maximum Gasteiger partial charge on any atom is 0.315 e. The van der Waals surface area contributed by atoms with Crippen molar-refractivity contribution < 1.29 is 19.1 Å². The van der Waals surface area contributed by atoms with Crippen LogP contribution in [-0.2, 0) is 14.3 Å². The minimum absolute atomic E-state index is 0.0337. The highest BCUT2D eigenvalue weighted by atomic mass is 32.2. The lowest BCUT2D eigenvalue weighted by Gasteiger charge is -2.37. The van der Waals surface area contributed by atoms with Gasteiger partial charge in [0.1, 0.15) is 0 Å². The molecule has 7 nitrogen and oxygen atoms in total. The van der Waals surface area contributed by atoms with Crippen LogP contribution in [0, 0.1) is 0 Å². The number of nitrogens with one attached hydrogen (secondary N) is 2. The van der Waals surface area contributed by atoms with Crippen molar-refractivity contribution in [1.29, 1.82) is 0 Å². The van der Waals surface area contributed by atoms with Gasteiger partial charge in [-0.1, -0.05) is 6.42 Å². The lowest BCUT2D eigenvalue weighted by molar-refractivity contribution is -0.187. The normalized spacial score (nSPS) is 33.4. The van der Waals surface area contributed by atoms with Gasteiger partial charge in [-0.2, -0.15) is 11.8 Å². The number of hydrogen-bond donors (Lipinski definition) is 2. The Kier molecular flexibility index (Phi) is 5.11. The summed E-state index contributed by atoms with van der Waals surface area (Å²) in [7, 11) is 0. The lowest BCUT2D eigenvalue weighted by Crippen LogP contribution is -2.47. The van der Waals surface area contributed by atoms with E-state index < -0.39 is 5.79 Å². The Morgan fingerprint density at radius 1 is 1.20 bits per heavy atom. The molecule has 0 aromatic rings. The molecule has 0 aromatic carbocycles. The molecule has 0 aliphatic carbocycles. The summed E-state index contributed by atoms with van der Waals surface area (Å²) in [6.07, 6.45) is 5.20. The zero-order valence-electron chi connectivity index (χ0n) is 14.5. The topological polar surface area (TPSA) is 79.9 Å². The summed E-state index contributed by atoms with van der Waals surface area (Å²) in [6.45, 7) is 2.81. The van der Waals surface area contributed by atoms with E-state index in [2.05, 4.69) is 10.6 Å². The van der Waals surface area contributed by atoms with Crippen LogP contribution < -0.4 is 10.6 Å². The van der Waals surface area contributed by atoms with Crippen molar-refractivity contribution in [2.75, 3.05) is 32.1 Å². The predicted octanol–water partition coefficient (Wildman–Crippen LogP) is 1.08. The first-order valence-corrected chi connectivity index (χ1v) is 10.4. The standard InChI is InChI=1S/C17H27N3O4S/c21-14(20-7-5-17(6-8-20)23-9-10-24-17)4-2-1-3-13-15-12(11-25-13)18-16(22)19-15/h12-13,15H,1-11H2,(H2,18,19,22)/t12-,13-,15-/m0/s1. The molecule has 4 heterocycles. The van der Waals surface area contributed by atoms with Crippen LogP contribution in [0.1, 0.15) is 38.5 Å². The predicted molar refractivity (Wildman–Crippen MR) is 94.4 cm³/mol. The van der Waals surface area contributed by atoms with Crippen LogP contribution in [0.2, 0.25) is 0 Å². The third-order valence-corrected chi connectivity index (χ3v) is 7.27. The molecule has 8 heteroatoms. The van der Waals surface area contributed by atoms with Crippen molar-refractivity contribution in [2.24, 2.45) is 0 Å². The Bertz CT molecular complexity index is 516. The second-order valence-electron chi connectivity index (χ2n) is 7.36. The van der Waals surface area contributed by atoms with Crippen LogP contribution in [0.25, 0.3) is 0 Å². The molecule has 4 aliphatic rings. The van der Waals surface area contributed by atoms with E-state index in [1.54, 1.807) is 0 Å². The number of rotatable bonds is 5. The molecule has 3 atom stereocenters. The SMILES string of the molecule is O=C1N[C@H]2[C@H](CS[C@H]2CCCCC(=O)N2CCC3(CC2)OCCO3)N1. The second-order valence-corrected chi connectivity index (χ2v) is 8.63. The number of hydrogen-bond acceptors (Lipinski definition) is 5. The van der Waals surface area contributed by atoms with Gasteiger partial charge >= 0.3 is 6.03 Å². The average Bonchev–Trinajstić information content (AvgIpc) is 3.29. The van der Waals surface area contributed by atoms with E-state index >= 15 is 0 Å². The molecule has 0 saturated carbocycles. The minimum atomic E-state index is -0.410. The fourth-order valence-corrected chi connectivity index (χ4v) is 5.85. The third kappa shape index (κ3) is 3.75. The van der Waals surface area contributed by atoms with Crippen molar-refractivity contribution in [3.8, 4) is 0 Å². The van der Waals surface area contributed by atoms with E-state index in [4.69, 9.17) is 9.47 Å². The number of likely N-dealkylation sites (tertiary alicyclic amines) is 1. The van der Waals surface area contributed by atoms with E-state index in [0.29, 0.717) is 24.9 Å². The van der Waals surface area contributed by atoms with Crippen molar-refractivity contribution in [3.05, 3.63) is 0 Å². The summed E-state index contributed by atoms with van der Waals surface area (Å²) in [5.74, 6) is 0.833. The molecule has 4 fully saturated rings. The summed E-state index contributed by atoms with van der Waals surface area (Å²) in [6, 6.07) is 0.510. The zero-order valence-corrected chi connectivity index (χ0v) is 15.3. The summed E-state index contributed by atoms with van der Waals surface area (Å²) < 4.78 is 11.4. The Labute approximate surface area is 152 Å². The molecule has 0 aromatic heterocycles. The van der Waals surface area contributed by atoms with Crippen LogP contribution in [0.5, 0.6) is 0 Å². The fraction of sp³-hybridized carbons (Fsp3) is 0.882. The Morgan fingerprint density at radius 2 is 1.96 bits per heavy atom. The quantitative estimate of drug-likeness (QED) is 0.560. The van der Waals surface area contributed by atoms with E-state index in [1.165, 1.54) is 0 Å². The summed E-state index contributed by atoms with van der Waals surface area (Å²) in [4.78, 5) is 25.7. The van der Waals surface area contributed by atoms with Crippen LogP contribution in [0.4, 0.5) is 4.79 Å². The van der Waals surface area contributed by atoms with E-state index in [0.717, 1.165) is 50.9 Å². The Balaban J connectivity index is 1.13. The number of nitrogens with zero attached hydrogens (tertiary/aromatic N) is 1. The molecule has 1 spiro atoms. The van der Waals surface area contributed by atoms with Crippen molar-refractivity contribution >= 4 is 23.7 Å². The molecule has 0 bridgehead atoms. The summed E-state index contributed by atoms with van der Waals surface area (Å²) >= 11 is 1.93. The molecule has 0 unspecified atom stereocenters. The molecule has 0 radical (unpaired) electrons. The van der Waals surface area contributed by atoms with Gasteiger partial charge in [0.15, 0.2) is 5.79 Å². The van der Waals surface area contributed by atoms with Crippen LogP contribution in [-0.4, -0.2) is 72.0 Å². The first kappa shape index (κ1) is 17.4. The molecular weight excluding hydrogens is 342 g/mol. The Morgan fingerprint density at radius 3 is 2.72 bits per heavy atom. The van der Waals surface area contributed by atoms with Gasteiger partial charge in [0.2, 0.25) is 5.91 Å². The molecular formula is C17H27N3O4S. The van der Waals surface area contributed by atoms with Crippen molar-refractivity contribution in [2.45, 2.75) is 61.6 Å². The molecule has 25 heavy (non-hydrogen) atoms. The molecule has 4 rings (SSSR count). The highest BCUT2D eigenvalue weighted by molar-refractivity contribution is 8.00. The Hall–Kier alpha value is -0.990. The lowest BCUT2D eigenvalue weighted by atomic mass is 10.0. The number of piperidine rings is 1. The number of thioether (sulfide) groups is 1. The first-order valence-electron chi connectivity index (χ1n) is 9.40.